The van der Waals surface area contributed by atoms with E-state index in [0.717, 1.165) is 10.6 Å². The molecule has 132 valence electrons. The summed E-state index contributed by atoms with van der Waals surface area (Å²) in [5.41, 5.74) is 0.563. The van der Waals surface area contributed by atoms with E-state index in [4.69, 9.17) is 4.74 Å². The monoisotopic (exact) mass is 365 g/mol. The summed E-state index contributed by atoms with van der Waals surface area (Å²) in [7, 11) is -2.98. The quantitative estimate of drug-likeness (QED) is 0.672. The number of benzene rings is 3. The maximum atomic E-state index is 13.9. The Kier molecular flexibility index (Phi) is 5.55. The van der Waals surface area contributed by atoms with Crippen molar-refractivity contribution >= 4 is 29.3 Å². The fraction of sp³-hybridized carbons (Fsp3) is 0.0952. The minimum Gasteiger partial charge on any atom is -0.483 e. The summed E-state index contributed by atoms with van der Waals surface area (Å²) in [4.78, 5) is 11.4. The van der Waals surface area contributed by atoms with E-state index < -0.39 is 7.14 Å². The second kappa shape index (κ2) is 8.03. The fourth-order valence-electron chi connectivity index (χ4n) is 2.68. The predicted octanol–water partition coefficient (Wildman–Crippen LogP) is 4.00. The average Bonchev–Trinajstić information content (AvgIpc) is 2.68. The molecule has 0 saturated carbocycles. The zero-order chi connectivity index (χ0) is 18.4. The van der Waals surface area contributed by atoms with Crippen molar-refractivity contribution in [2.45, 2.75) is 6.92 Å². The third-order valence-electron chi connectivity index (χ3n) is 3.95. The number of para-hydroxylation sites is 2. The zero-order valence-electron chi connectivity index (χ0n) is 14.5. The Morgan fingerprint density at radius 2 is 1.35 bits per heavy atom. The molecule has 0 heterocycles. The standard InChI is InChI=1S/C21H20NO3P/c1-17(23)22-20-14-8-9-15-21(20)25-16-26(24,18-10-4-2-5-11-18)19-12-6-3-7-13-19/h2-15H,16H2,1H3,(H,22,23). The van der Waals surface area contributed by atoms with E-state index in [1.165, 1.54) is 6.92 Å². The lowest BCUT2D eigenvalue weighted by Crippen LogP contribution is -2.21. The summed E-state index contributed by atoms with van der Waals surface area (Å²) in [6.45, 7) is 1.44. The van der Waals surface area contributed by atoms with Crippen LogP contribution in [0.1, 0.15) is 6.92 Å². The number of hydrogen-bond acceptors (Lipinski definition) is 3. The molecule has 0 aliphatic rings. The van der Waals surface area contributed by atoms with E-state index in [2.05, 4.69) is 5.32 Å². The number of nitrogens with one attached hydrogen (secondary N) is 1. The van der Waals surface area contributed by atoms with Crippen LogP contribution in [0.25, 0.3) is 0 Å². The normalized spacial score (nSPS) is 11.0. The number of amides is 1. The smallest absolute Gasteiger partial charge is 0.221 e. The highest BCUT2D eigenvalue weighted by Crippen LogP contribution is 2.44. The number of hydrogen-bond donors (Lipinski definition) is 1. The molecule has 5 heteroatoms. The Balaban J connectivity index is 1.94. The van der Waals surface area contributed by atoms with Gasteiger partial charge in [0, 0.05) is 17.5 Å². The Morgan fingerprint density at radius 1 is 0.846 bits per heavy atom. The average molecular weight is 365 g/mol. The molecule has 0 radical (unpaired) electrons. The first-order valence-electron chi connectivity index (χ1n) is 8.29. The summed E-state index contributed by atoms with van der Waals surface area (Å²) in [6.07, 6.45) is 0.0115. The first-order chi connectivity index (χ1) is 12.6. The third-order valence-corrected chi connectivity index (χ3v) is 6.70. The number of ether oxygens (including phenoxy) is 1. The maximum Gasteiger partial charge on any atom is 0.221 e. The highest BCUT2D eigenvalue weighted by molar-refractivity contribution is 7.78. The van der Waals surface area contributed by atoms with Gasteiger partial charge in [-0.15, -0.1) is 0 Å². The van der Waals surface area contributed by atoms with E-state index in [-0.39, 0.29) is 12.3 Å². The van der Waals surface area contributed by atoms with Gasteiger partial charge in [0.2, 0.25) is 5.91 Å². The third kappa shape index (κ3) is 4.04. The largest absolute Gasteiger partial charge is 0.483 e. The van der Waals surface area contributed by atoms with Gasteiger partial charge in [-0.1, -0.05) is 72.8 Å². The summed E-state index contributed by atoms with van der Waals surface area (Å²) in [5, 5.41) is 4.21. The molecular weight excluding hydrogens is 345 g/mol. The van der Waals surface area contributed by atoms with Crippen molar-refractivity contribution < 1.29 is 14.1 Å². The van der Waals surface area contributed by atoms with Gasteiger partial charge in [0.05, 0.1) is 5.69 Å². The van der Waals surface area contributed by atoms with Crippen LogP contribution in [0.15, 0.2) is 84.9 Å². The van der Waals surface area contributed by atoms with Crippen LogP contribution in [0.4, 0.5) is 5.69 Å². The first-order valence-corrected chi connectivity index (χ1v) is 10.2. The highest BCUT2D eigenvalue weighted by atomic mass is 31.2. The molecule has 0 aliphatic carbocycles. The first kappa shape index (κ1) is 18.0. The van der Waals surface area contributed by atoms with Crippen molar-refractivity contribution in [1.29, 1.82) is 0 Å². The number of carbonyl (C=O) groups is 1. The zero-order valence-corrected chi connectivity index (χ0v) is 15.4. The van der Waals surface area contributed by atoms with Crippen LogP contribution in [0, 0.1) is 0 Å². The van der Waals surface area contributed by atoms with Crippen LogP contribution >= 0.6 is 7.14 Å². The maximum absolute atomic E-state index is 13.9. The van der Waals surface area contributed by atoms with Gasteiger partial charge in [-0.2, -0.15) is 0 Å². The molecule has 0 aliphatic heterocycles. The summed E-state index contributed by atoms with van der Waals surface area (Å²) >= 11 is 0. The van der Waals surface area contributed by atoms with E-state index in [1.54, 1.807) is 12.1 Å². The van der Waals surface area contributed by atoms with Crippen molar-refractivity contribution in [3.63, 3.8) is 0 Å². The van der Waals surface area contributed by atoms with Crippen molar-refractivity contribution in [2.75, 3.05) is 11.7 Å². The van der Waals surface area contributed by atoms with Crippen LogP contribution in [0.2, 0.25) is 0 Å². The van der Waals surface area contributed by atoms with Gasteiger partial charge in [-0.05, 0) is 12.1 Å². The molecule has 0 atom stereocenters. The molecule has 0 spiro atoms. The number of carbonyl (C=O) groups excluding carboxylic acids is 1. The molecule has 26 heavy (non-hydrogen) atoms. The lowest BCUT2D eigenvalue weighted by Gasteiger charge is -2.21. The highest BCUT2D eigenvalue weighted by Gasteiger charge is 2.28. The Bertz CT molecular complexity index is 883. The van der Waals surface area contributed by atoms with Gasteiger partial charge < -0.3 is 14.6 Å². The summed E-state index contributed by atoms with van der Waals surface area (Å²) < 4.78 is 19.8. The SMILES string of the molecule is CC(=O)Nc1ccccc1OCP(=O)(c1ccccc1)c1ccccc1. The van der Waals surface area contributed by atoms with Gasteiger partial charge in [0.1, 0.15) is 12.1 Å². The van der Waals surface area contributed by atoms with Gasteiger partial charge >= 0.3 is 0 Å². The van der Waals surface area contributed by atoms with Gasteiger partial charge in [-0.3, -0.25) is 4.79 Å². The van der Waals surface area contributed by atoms with Gasteiger partial charge in [0.25, 0.3) is 0 Å². The minimum absolute atomic E-state index is 0.0115. The molecule has 0 unspecified atom stereocenters. The topological polar surface area (TPSA) is 55.4 Å². The second-order valence-electron chi connectivity index (χ2n) is 5.86. The minimum atomic E-state index is -2.98. The molecule has 0 fully saturated rings. The molecule has 0 saturated heterocycles. The molecule has 3 aromatic carbocycles. The molecule has 0 aromatic heterocycles. The molecule has 3 aromatic rings. The van der Waals surface area contributed by atoms with Crippen molar-refractivity contribution in [3.05, 3.63) is 84.9 Å². The van der Waals surface area contributed by atoms with E-state index in [0.29, 0.717) is 11.4 Å². The van der Waals surface area contributed by atoms with Crippen molar-refractivity contribution in [2.24, 2.45) is 0 Å². The Labute approximate surface area is 153 Å². The summed E-state index contributed by atoms with van der Waals surface area (Å²) in [6, 6.07) is 25.8. The van der Waals surface area contributed by atoms with Crippen LogP contribution < -0.4 is 20.7 Å². The second-order valence-corrected chi connectivity index (χ2v) is 8.63. The van der Waals surface area contributed by atoms with E-state index in [9.17, 15) is 9.36 Å². The molecule has 1 amide bonds. The van der Waals surface area contributed by atoms with E-state index >= 15 is 0 Å². The Hall–Kier alpha value is -2.84. The van der Waals surface area contributed by atoms with E-state index in [1.807, 2.05) is 72.8 Å². The van der Waals surface area contributed by atoms with Crippen LogP contribution in [0.5, 0.6) is 5.75 Å². The van der Waals surface area contributed by atoms with Crippen LogP contribution in [-0.2, 0) is 9.36 Å². The molecule has 4 nitrogen and oxygen atoms in total. The molecule has 3 rings (SSSR count). The Morgan fingerprint density at radius 3 is 1.88 bits per heavy atom. The molecule has 0 bridgehead atoms. The van der Waals surface area contributed by atoms with Gasteiger partial charge in [0.15, 0.2) is 7.14 Å². The van der Waals surface area contributed by atoms with Crippen molar-refractivity contribution in [1.82, 2.24) is 0 Å². The van der Waals surface area contributed by atoms with Crippen LogP contribution in [0.3, 0.4) is 0 Å². The summed E-state index contributed by atoms with van der Waals surface area (Å²) in [5.74, 6) is 0.310. The lowest BCUT2D eigenvalue weighted by atomic mass is 10.3. The number of rotatable bonds is 6. The van der Waals surface area contributed by atoms with Crippen molar-refractivity contribution in [3.8, 4) is 5.75 Å². The van der Waals surface area contributed by atoms with Crippen LogP contribution in [-0.4, -0.2) is 12.3 Å². The number of anilines is 1. The van der Waals surface area contributed by atoms with Gasteiger partial charge in [-0.25, -0.2) is 0 Å². The molecular formula is C21H20NO3P. The fourth-order valence-corrected chi connectivity index (χ4v) is 4.91. The molecule has 1 N–H and O–H groups in total. The predicted molar refractivity (Wildman–Crippen MR) is 106 cm³/mol. The lowest BCUT2D eigenvalue weighted by molar-refractivity contribution is -0.114.